The van der Waals surface area contributed by atoms with Gasteiger partial charge in [0.15, 0.2) is 0 Å². The summed E-state index contributed by atoms with van der Waals surface area (Å²) in [5, 5.41) is 13.3. The third-order valence-corrected chi connectivity index (χ3v) is 4.25. The number of fused-ring (bicyclic) bond motifs is 1. The zero-order valence-electron chi connectivity index (χ0n) is 13.8. The first-order valence-corrected chi connectivity index (χ1v) is 8.26. The van der Waals surface area contributed by atoms with Crippen LogP contribution in [0.4, 0.5) is 0 Å². The number of allylic oxidation sites excluding steroid dienone is 2. The summed E-state index contributed by atoms with van der Waals surface area (Å²) in [4.78, 5) is 14.5. The first-order valence-electron chi connectivity index (χ1n) is 7.49. The molecule has 2 heterocycles. The number of aliphatic hydroxyl groups excluding tert-OH is 1. The average Bonchev–Trinajstić information content (AvgIpc) is 3.05. The van der Waals surface area contributed by atoms with Crippen molar-refractivity contribution in [2.24, 2.45) is 0 Å². The van der Waals surface area contributed by atoms with Gasteiger partial charge in [0.25, 0.3) is 0 Å². The van der Waals surface area contributed by atoms with Crippen LogP contribution < -0.4 is 0 Å². The van der Waals surface area contributed by atoms with E-state index in [-0.39, 0.29) is 18.9 Å². The molecule has 2 rings (SSSR count). The van der Waals surface area contributed by atoms with Crippen LogP contribution in [0.2, 0.25) is 0 Å². The molecule has 0 saturated heterocycles. The number of carbonyl (C=O) groups excluding carboxylic acids is 1. The minimum atomic E-state index is -0.105. The topological polar surface area (TPSA) is 58.4 Å². The highest BCUT2D eigenvalue weighted by Gasteiger charge is 2.26. The van der Waals surface area contributed by atoms with Crippen molar-refractivity contribution in [1.82, 2.24) is 14.1 Å². The molecule has 22 heavy (non-hydrogen) atoms. The number of carbonyl (C=O) groups is 1. The number of amides is 1. The van der Waals surface area contributed by atoms with E-state index >= 15 is 0 Å². The van der Waals surface area contributed by atoms with Crippen LogP contribution >= 0.6 is 11.9 Å². The quantitative estimate of drug-likeness (QED) is 0.846. The summed E-state index contributed by atoms with van der Waals surface area (Å²) in [5.41, 5.74) is 3.20. The largest absolute Gasteiger partial charge is 0.396 e. The summed E-state index contributed by atoms with van der Waals surface area (Å²) in [6.07, 6.45) is 3.96. The van der Waals surface area contributed by atoms with Gasteiger partial charge < -0.3 is 10.0 Å². The summed E-state index contributed by atoms with van der Waals surface area (Å²) >= 11 is 1.52. The molecule has 0 bridgehead atoms. The van der Waals surface area contributed by atoms with Crippen LogP contribution in [0.1, 0.15) is 45.4 Å². The number of aromatic nitrogens is 2. The normalized spacial score (nSPS) is 12.3. The van der Waals surface area contributed by atoms with Gasteiger partial charge in [-0.1, -0.05) is 32.1 Å². The summed E-state index contributed by atoms with van der Waals surface area (Å²) in [6, 6.07) is 0. The van der Waals surface area contributed by atoms with Crippen LogP contribution in [-0.4, -0.2) is 31.7 Å². The van der Waals surface area contributed by atoms with Gasteiger partial charge in [-0.2, -0.15) is 5.10 Å². The molecule has 5 nitrogen and oxygen atoms in total. The highest BCUT2D eigenvalue weighted by molar-refractivity contribution is 8.01. The van der Waals surface area contributed by atoms with Crippen molar-refractivity contribution in [2.45, 2.75) is 47.2 Å². The number of hydrogen-bond acceptors (Lipinski definition) is 4. The Kier molecular flexibility index (Phi) is 7.41. The molecular formula is C16H25N3O2S. The lowest BCUT2D eigenvalue weighted by molar-refractivity contribution is -0.132. The Morgan fingerprint density at radius 3 is 2.64 bits per heavy atom. The minimum absolute atomic E-state index is 0.0271. The van der Waals surface area contributed by atoms with Gasteiger partial charge in [-0.25, -0.2) is 4.09 Å². The number of aliphatic hydroxyl groups is 1. The highest BCUT2D eigenvalue weighted by Crippen LogP contribution is 2.27. The van der Waals surface area contributed by atoms with Gasteiger partial charge in [-0.3, -0.25) is 4.79 Å². The van der Waals surface area contributed by atoms with Crippen molar-refractivity contribution in [2.75, 3.05) is 6.61 Å². The highest BCUT2D eigenvalue weighted by atomic mass is 32.2. The van der Waals surface area contributed by atoms with E-state index in [9.17, 15) is 4.79 Å². The predicted octanol–water partition coefficient (Wildman–Crippen LogP) is 3.11. The maximum Gasteiger partial charge on any atom is 0.225 e. The smallest absolute Gasteiger partial charge is 0.225 e. The summed E-state index contributed by atoms with van der Waals surface area (Å²) < 4.78 is 1.82. The van der Waals surface area contributed by atoms with Crippen molar-refractivity contribution in [1.29, 1.82) is 0 Å². The molecule has 1 aromatic heterocycles. The molecule has 6 heteroatoms. The first kappa shape index (κ1) is 18.5. The van der Waals surface area contributed by atoms with E-state index in [2.05, 4.69) is 11.7 Å². The molecule has 0 atom stereocenters. The van der Waals surface area contributed by atoms with E-state index in [0.29, 0.717) is 13.1 Å². The average molecular weight is 323 g/mol. The Morgan fingerprint density at radius 1 is 1.45 bits per heavy atom. The molecule has 0 saturated carbocycles. The molecule has 1 amide bonds. The molecule has 0 radical (unpaired) electrons. The molecule has 0 unspecified atom stereocenters. The summed E-state index contributed by atoms with van der Waals surface area (Å²) in [5.74, 6) is -0.0271. The SMILES string of the molecule is C=CC(Sn1cc2c(n1)CN(C(=O)CCO)C2)=C(C)C.CC. The van der Waals surface area contributed by atoms with E-state index < -0.39 is 0 Å². The number of nitrogens with zero attached hydrogens (tertiary/aromatic N) is 3. The van der Waals surface area contributed by atoms with Crippen LogP contribution in [0, 0.1) is 0 Å². The summed E-state index contributed by atoms with van der Waals surface area (Å²) in [6.45, 7) is 12.9. The van der Waals surface area contributed by atoms with E-state index in [1.54, 1.807) is 4.90 Å². The van der Waals surface area contributed by atoms with Gasteiger partial charge in [0.2, 0.25) is 5.91 Å². The van der Waals surface area contributed by atoms with Crippen LogP contribution in [0.3, 0.4) is 0 Å². The van der Waals surface area contributed by atoms with Crippen molar-refractivity contribution >= 4 is 17.9 Å². The van der Waals surface area contributed by atoms with Gasteiger partial charge in [0, 0.05) is 41.6 Å². The van der Waals surface area contributed by atoms with E-state index in [1.165, 1.54) is 17.5 Å². The second kappa shape index (κ2) is 8.80. The number of rotatable bonds is 5. The molecule has 1 aliphatic rings. The maximum atomic E-state index is 11.7. The van der Waals surface area contributed by atoms with Gasteiger partial charge in [-0.05, 0) is 13.8 Å². The third kappa shape index (κ3) is 4.48. The zero-order chi connectivity index (χ0) is 16.7. The van der Waals surface area contributed by atoms with Crippen LogP contribution in [0.15, 0.2) is 29.3 Å². The summed E-state index contributed by atoms with van der Waals surface area (Å²) in [7, 11) is 0. The van der Waals surface area contributed by atoms with Crippen LogP contribution in [-0.2, 0) is 17.9 Å². The van der Waals surface area contributed by atoms with E-state index in [4.69, 9.17) is 5.11 Å². The monoisotopic (exact) mass is 323 g/mol. The van der Waals surface area contributed by atoms with Gasteiger partial charge in [0.1, 0.15) is 0 Å². The lowest BCUT2D eigenvalue weighted by Gasteiger charge is -2.14. The molecule has 0 aromatic carbocycles. The van der Waals surface area contributed by atoms with Crippen molar-refractivity contribution in [3.05, 3.63) is 40.6 Å². The minimum Gasteiger partial charge on any atom is -0.396 e. The maximum absolute atomic E-state index is 11.7. The second-order valence-electron chi connectivity index (χ2n) is 4.89. The molecule has 0 fully saturated rings. The Hall–Kier alpha value is -1.53. The van der Waals surface area contributed by atoms with Crippen molar-refractivity contribution < 1.29 is 9.90 Å². The molecule has 1 N–H and O–H groups in total. The molecular weight excluding hydrogens is 298 g/mol. The lowest BCUT2D eigenvalue weighted by atomic mass is 10.3. The molecule has 1 aliphatic heterocycles. The first-order chi connectivity index (χ1) is 10.5. The third-order valence-electron chi connectivity index (χ3n) is 3.11. The Balaban J connectivity index is 0.00000116. The predicted molar refractivity (Wildman–Crippen MR) is 91.1 cm³/mol. The fourth-order valence-electron chi connectivity index (χ4n) is 2.04. The molecule has 1 aromatic rings. The second-order valence-corrected chi connectivity index (χ2v) is 5.88. The van der Waals surface area contributed by atoms with E-state index in [0.717, 1.165) is 16.2 Å². The number of hydrogen-bond donors (Lipinski definition) is 1. The van der Waals surface area contributed by atoms with Crippen LogP contribution in [0.25, 0.3) is 0 Å². The van der Waals surface area contributed by atoms with Gasteiger partial charge >= 0.3 is 0 Å². The molecule has 0 aliphatic carbocycles. The zero-order valence-corrected chi connectivity index (χ0v) is 14.6. The van der Waals surface area contributed by atoms with Crippen molar-refractivity contribution in [3.63, 3.8) is 0 Å². The Labute approximate surface area is 136 Å². The van der Waals surface area contributed by atoms with Crippen LogP contribution in [0.5, 0.6) is 0 Å². The fraction of sp³-hybridized carbons (Fsp3) is 0.500. The molecule has 0 spiro atoms. The fourth-order valence-corrected chi connectivity index (χ4v) is 2.82. The Bertz CT molecular complexity index is 536. The lowest BCUT2D eigenvalue weighted by Crippen LogP contribution is -2.26. The van der Waals surface area contributed by atoms with Gasteiger partial charge in [0.05, 0.1) is 18.8 Å². The van der Waals surface area contributed by atoms with E-state index in [1.807, 2.05) is 44.1 Å². The molecule has 122 valence electrons. The van der Waals surface area contributed by atoms with Crippen molar-refractivity contribution in [3.8, 4) is 0 Å². The van der Waals surface area contributed by atoms with Gasteiger partial charge in [-0.15, -0.1) is 0 Å². The Morgan fingerprint density at radius 2 is 2.14 bits per heavy atom. The standard InChI is InChI=1S/C14H19N3O2S.C2H6/c1-4-13(10(2)3)20-17-8-11-7-16(9-12(11)15-17)14(19)5-6-18;1-2/h4,8,18H,1,5-7,9H2,2-3H3;1-2H3.